The maximum absolute atomic E-state index is 6.13. The van der Waals surface area contributed by atoms with Crippen molar-refractivity contribution in [2.45, 2.75) is 57.7 Å². The molecule has 3 aliphatic carbocycles. The smallest absolute Gasteiger partial charge is 0.0800 e. The van der Waals surface area contributed by atoms with Crippen molar-refractivity contribution >= 4 is 0 Å². The molecule has 0 radical (unpaired) electrons. The van der Waals surface area contributed by atoms with Crippen LogP contribution in [-0.2, 0) is 11.3 Å². The molecule has 0 saturated heterocycles. The van der Waals surface area contributed by atoms with Crippen molar-refractivity contribution in [3.05, 3.63) is 59.2 Å². The van der Waals surface area contributed by atoms with E-state index in [1.807, 2.05) is 0 Å². The van der Waals surface area contributed by atoms with Crippen molar-refractivity contribution < 1.29 is 4.74 Å². The number of allylic oxidation sites excluding steroid dienone is 2. The van der Waals surface area contributed by atoms with Crippen molar-refractivity contribution in [1.29, 1.82) is 0 Å². The molecule has 1 aromatic carbocycles. The van der Waals surface area contributed by atoms with Crippen LogP contribution in [0, 0.1) is 11.8 Å². The lowest BCUT2D eigenvalue weighted by Crippen LogP contribution is -2.28. The SMILES string of the molecule is C1=CC(OCc2ccccc2)CC2=C1[C@H]1CCCC[C@H]1CC2. The Morgan fingerprint density at radius 2 is 1.86 bits per heavy atom. The standard InChI is InChI=1S/C21H26O/c1-2-6-16(7-3-1)15-22-19-12-13-21-18(14-19)11-10-17-8-4-5-9-20(17)21/h1-3,6-7,12-13,17,19-20H,4-5,8-11,14-15H2/t17-,19?,20-/m0/s1. The maximum Gasteiger partial charge on any atom is 0.0800 e. The van der Waals surface area contributed by atoms with Crippen LogP contribution < -0.4 is 0 Å². The summed E-state index contributed by atoms with van der Waals surface area (Å²) in [5.41, 5.74) is 4.66. The van der Waals surface area contributed by atoms with Gasteiger partial charge in [0.25, 0.3) is 0 Å². The highest BCUT2D eigenvalue weighted by Crippen LogP contribution is 2.46. The van der Waals surface area contributed by atoms with Crippen LogP contribution in [0.4, 0.5) is 0 Å². The van der Waals surface area contributed by atoms with Crippen molar-refractivity contribution in [3.8, 4) is 0 Å². The number of rotatable bonds is 3. The van der Waals surface area contributed by atoms with Gasteiger partial charge in [0.05, 0.1) is 12.7 Å². The summed E-state index contributed by atoms with van der Waals surface area (Å²) in [4.78, 5) is 0. The van der Waals surface area contributed by atoms with Gasteiger partial charge in [0.1, 0.15) is 0 Å². The summed E-state index contributed by atoms with van der Waals surface area (Å²) < 4.78 is 6.13. The molecule has 3 atom stereocenters. The number of hydrogen-bond acceptors (Lipinski definition) is 1. The van der Waals surface area contributed by atoms with Crippen LogP contribution >= 0.6 is 0 Å². The Balaban J connectivity index is 1.40. The molecule has 0 bridgehead atoms. The summed E-state index contributed by atoms with van der Waals surface area (Å²) >= 11 is 0. The molecule has 0 heterocycles. The average Bonchev–Trinajstić information content (AvgIpc) is 2.60. The molecule has 1 aromatic rings. The predicted octanol–water partition coefficient (Wildman–Crippen LogP) is 5.43. The van der Waals surface area contributed by atoms with Crippen molar-refractivity contribution in [2.24, 2.45) is 11.8 Å². The zero-order valence-electron chi connectivity index (χ0n) is 13.3. The molecule has 0 spiro atoms. The van der Waals surface area contributed by atoms with Gasteiger partial charge in [-0.25, -0.2) is 0 Å². The first-order valence-electron chi connectivity index (χ1n) is 8.96. The first-order chi connectivity index (χ1) is 10.9. The van der Waals surface area contributed by atoms with E-state index in [0.29, 0.717) is 0 Å². The van der Waals surface area contributed by atoms with Gasteiger partial charge in [0.2, 0.25) is 0 Å². The highest BCUT2D eigenvalue weighted by molar-refractivity contribution is 5.36. The van der Waals surface area contributed by atoms with Gasteiger partial charge < -0.3 is 4.74 Å². The van der Waals surface area contributed by atoms with E-state index in [1.165, 1.54) is 44.1 Å². The first kappa shape index (κ1) is 14.3. The Labute approximate surface area is 134 Å². The zero-order chi connectivity index (χ0) is 14.8. The molecule has 1 unspecified atom stereocenters. The minimum Gasteiger partial charge on any atom is -0.369 e. The quantitative estimate of drug-likeness (QED) is 0.722. The van der Waals surface area contributed by atoms with Crippen molar-refractivity contribution in [2.75, 3.05) is 0 Å². The van der Waals surface area contributed by atoms with Crippen LogP contribution in [0.5, 0.6) is 0 Å². The van der Waals surface area contributed by atoms with Gasteiger partial charge in [0, 0.05) is 0 Å². The van der Waals surface area contributed by atoms with Gasteiger partial charge in [-0.2, -0.15) is 0 Å². The molecule has 1 heteroatoms. The van der Waals surface area contributed by atoms with Crippen LogP contribution in [-0.4, -0.2) is 6.10 Å². The third-order valence-electron chi connectivity index (χ3n) is 5.78. The molecule has 0 N–H and O–H groups in total. The first-order valence-corrected chi connectivity index (χ1v) is 8.96. The normalized spacial score (nSPS) is 30.8. The highest BCUT2D eigenvalue weighted by Gasteiger charge is 2.34. The van der Waals surface area contributed by atoms with Gasteiger partial charge in [-0.05, 0) is 55.1 Å². The second-order valence-corrected chi connectivity index (χ2v) is 7.15. The Morgan fingerprint density at radius 3 is 2.77 bits per heavy atom. The molecule has 0 aromatic heterocycles. The maximum atomic E-state index is 6.13. The van der Waals surface area contributed by atoms with E-state index in [1.54, 1.807) is 11.1 Å². The highest BCUT2D eigenvalue weighted by atomic mass is 16.5. The van der Waals surface area contributed by atoms with E-state index in [4.69, 9.17) is 4.74 Å². The lowest BCUT2D eigenvalue weighted by Gasteiger charge is -2.40. The summed E-state index contributed by atoms with van der Waals surface area (Å²) in [6.45, 7) is 0.727. The molecule has 22 heavy (non-hydrogen) atoms. The Bertz CT molecular complexity index is 569. The molecule has 0 aliphatic heterocycles. The van der Waals surface area contributed by atoms with E-state index < -0.39 is 0 Å². The van der Waals surface area contributed by atoms with E-state index in [-0.39, 0.29) is 6.10 Å². The van der Waals surface area contributed by atoms with Crippen LogP contribution in [0.2, 0.25) is 0 Å². The van der Waals surface area contributed by atoms with Crippen LogP contribution in [0.3, 0.4) is 0 Å². The number of ether oxygens (including phenoxy) is 1. The molecule has 3 aliphatic rings. The summed E-state index contributed by atoms with van der Waals surface area (Å²) in [6, 6.07) is 10.5. The van der Waals surface area contributed by atoms with Gasteiger partial charge in [0.15, 0.2) is 0 Å². The predicted molar refractivity (Wildman–Crippen MR) is 90.5 cm³/mol. The van der Waals surface area contributed by atoms with Crippen molar-refractivity contribution in [3.63, 3.8) is 0 Å². The van der Waals surface area contributed by atoms with E-state index >= 15 is 0 Å². The van der Waals surface area contributed by atoms with Crippen molar-refractivity contribution in [1.82, 2.24) is 0 Å². The van der Waals surface area contributed by atoms with Crippen LogP contribution in [0.1, 0.15) is 50.5 Å². The molecule has 1 saturated carbocycles. The number of hydrogen-bond donors (Lipinski definition) is 0. The fourth-order valence-corrected chi connectivity index (χ4v) is 4.60. The second-order valence-electron chi connectivity index (χ2n) is 7.15. The molecule has 1 nitrogen and oxygen atoms in total. The summed E-state index contributed by atoms with van der Waals surface area (Å²) in [5, 5.41) is 0. The monoisotopic (exact) mass is 294 g/mol. The minimum absolute atomic E-state index is 0.277. The summed E-state index contributed by atoms with van der Waals surface area (Å²) in [7, 11) is 0. The third kappa shape index (κ3) is 2.92. The average molecular weight is 294 g/mol. The molecular formula is C21H26O. The molecule has 1 fully saturated rings. The summed E-state index contributed by atoms with van der Waals surface area (Å²) in [5.74, 6) is 1.84. The van der Waals surface area contributed by atoms with Gasteiger partial charge in [-0.3, -0.25) is 0 Å². The number of benzene rings is 1. The largest absolute Gasteiger partial charge is 0.369 e. The topological polar surface area (TPSA) is 9.23 Å². The van der Waals surface area contributed by atoms with E-state index in [9.17, 15) is 0 Å². The van der Waals surface area contributed by atoms with Gasteiger partial charge in [-0.1, -0.05) is 60.9 Å². The zero-order valence-corrected chi connectivity index (χ0v) is 13.3. The van der Waals surface area contributed by atoms with E-state index in [0.717, 1.165) is 24.9 Å². The van der Waals surface area contributed by atoms with Gasteiger partial charge >= 0.3 is 0 Å². The third-order valence-corrected chi connectivity index (χ3v) is 5.78. The van der Waals surface area contributed by atoms with Gasteiger partial charge in [-0.15, -0.1) is 0 Å². The Hall–Kier alpha value is -1.34. The molecule has 4 rings (SSSR count). The molecular weight excluding hydrogens is 268 g/mol. The number of fused-ring (bicyclic) bond motifs is 2. The fraction of sp³-hybridized carbons (Fsp3) is 0.524. The fourth-order valence-electron chi connectivity index (χ4n) is 4.60. The Morgan fingerprint density at radius 1 is 1.00 bits per heavy atom. The summed E-state index contributed by atoms with van der Waals surface area (Å²) in [6.07, 6.45) is 14.6. The lowest BCUT2D eigenvalue weighted by molar-refractivity contribution is 0.0687. The minimum atomic E-state index is 0.277. The molecule has 0 amide bonds. The van der Waals surface area contributed by atoms with Crippen LogP contribution in [0.25, 0.3) is 0 Å². The molecule has 116 valence electrons. The lowest BCUT2D eigenvalue weighted by atomic mass is 9.66. The van der Waals surface area contributed by atoms with Crippen LogP contribution in [0.15, 0.2) is 53.6 Å². The Kier molecular flexibility index (Phi) is 4.16. The second kappa shape index (κ2) is 6.42. The van der Waals surface area contributed by atoms with E-state index in [2.05, 4.69) is 42.5 Å².